The first-order valence-electron chi connectivity index (χ1n) is 13.4. The smallest absolute Gasteiger partial charge is 0.222 e. The zero-order valence-electron chi connectivity index (χ0n) is 22.5. The summed E-state index contributed by atoms with van der Waals surface area (Å²) in [6, 6.07) is 17.9. The number of carbonyl (C=O) groups excluding carboxylic acids is 2. The maximum absolute atomic E-state index is 12.9. The SMILES string of the molecule is CCCCC(=O)N1CCN(C(=O)CCCSc2nnc(-c3cccc(OC)c3)n2-c2ccccc2)CC1C. The number of hydrogen-bond donors (Lipinski definition) is 0. The molecule has 1 aliphatic rings. The van der Waals surface area contributed by atoms with Gasteiger partial charge in [-0.25, -0.2) is 0 Å². The van der Waals surface area contributed by atoms with Gasteiger partial charge in [-0.05, 0) is 44.0 Å². The van der Waals surface area contributed by atoms with E-state index in [1.807, 2.05) is 71.3 Å². The first-order chi connectivity index (χ1) is 18.5. The number of thioether (sulfide) groups is 1. The molecule has 2 amide bonds. The predicted octanol–water partition coefficient (Wildman–Crippen LogP) is 5.06. The highest BCUT2D eigenvalue weighted by Crippen LogP contribution is 2.30. The third kappa shape index (κ3) is 6.75. The second kappa shape index (κ2) is 13.5. The van der Waals surface area contributed by atoms with Gasteiger partial charge in [-0.1, -0.05) is 55.4 Å². The fourth-order valence-electron chi connectivity index (χ4n) is 4.69. The lowest BCUT2D eigenvalue weighted by Gasteiger charge is -2.40. The predicted molar refractivity (Wildman–Crippen MR) is 151 cm³/mol. The molecule has 1 atom stereocenters. The van der Waals surface area contributed by atoms with Crippen molar-refractivity contribution in [2.24, 2.45) is 0 Å². The summed E-state index contributed by atoms with van der Waals surface area (Å²) in [6.07, 6.45) is 3.75. The van der Waals surface area contributed by atoms with Crippen molar-refractivity contribution in [3.8, 4) is 22.8 Å². The lowest BCUT2D eigenvalue weighted by molar-refractivity contribution is -0.142. The summed E-state index contributed by atoms with van der Waals surface area (Å²) in [5.41, 5.74) is 1.90. The number of hydrogen-bond acceptors (Lipinski definition) is 6. The van der Waals surface area contributed by atoms with Crippen LogP contribution in [0.2, 0.25) is 0 Å². The molecule has 1 aromatic heterocycles. The van der Waals surface area contributed by atoms with E-state index in [2.05, 4.69) is 21.7 Å². The van der Waals surface area contributed by atoms with Gasteiger partial charge in [0.1, 0.15) is 5.75 Å². The van der Waals surface area contributed by atoms with Crippen LogP contribution in [0.1, 0.15) is 46.0 Å². The Bertz CT molecular complexity index is 1220. The van der Waals surface area contributed by atoms with Crippen molar-refractivity contribution in [2.75, 3.05) is 32.5 Å². The first kappa shape index (κ1) is 27.7. The van der Waals surface area contributed by atoms with E-state index in [9.17, 15) is 9.59 Å². The molecule has 9 heteroatoms. The molecule has 0 bridgehead atoms. The largest absolute Gasteiger partial charge is 0.497 e. The van der Waals surface area contributed by atoms with Gasteiger partial charge in [-0.3, -0.25) is 14.2 Å². The molecule has 1 aliphatic heterocycles. The Balaban J connectivity index is 1.35. The summed E-state index contributed by atoms with van der Waals surface area (Å²) in [6.45, 7) is 5.97. The number of nitrogens with zero attached hydrogens (tertiary/aromatic N) is 5. The molecule has 4 rings (SSSR count). The Labute approximate surface area is 229 Å². The highest BCUT2D eigenvalue weighted by Gasteiger charge is 2.29. The van der Waals surface area contributed by atoms with Gasteiger partial charge >= 0.3 is 0 Å². The second-order valence-corrected chi connectivity index (χ2v) is 10.6. The molecule has 38 heavy (non-hydrogen) atoms. The number of aromatic nitrogens is 3. The summed E-state index contributed by atoms with van der Waals surface area (Å²) >= 11 is 1.60. The van der Waals surface area contributed by atoms with Crippen LogP contribution >= 0.6 is 11.8 Å². The van der Waals surface area contributed by atoms with E-state index in [0.29, 0.717) is 32.5 Å². The third-order valence-corrected chi connectivity index (χ3v) is 7.80. The van der Waals surface area contributed by atoms with Crippen LogP contribution in [0.5, 0.6) is 5.75 Å². The van der Waals surface area contributed by atoms with Crippen LogP contribution in [0.3, 0.4) is 0 Å². The highest BCUT2D eigenvalue weighted by atomic mass is 32.2. The average molecular weight is 536 g/mol. The Morgan fingerprint density at radius 1 is 1.00 bits per heavy atom. The van der Waals surface area contributed by atoms with Crippen LogP contribution in [0.15, 0.2) is 59.8 Å². The molecule has 3 aromatic rings. The average Bonchev–Trinajstić information content (AvgIpc) is 3.38. The zero-order valence-corrected chi connectivity index (χ0v) is 23.3. The molecule has 2 aromatic carbocycles. The fraction of sp³-hybridized carbons (Fsp3) is 0.448. The van der Waals surface area contributed by atoms with Gasteiger partial charge < -0.3 is 14.5 Å². The number of para-hydroxylation sites is 1. The number of piperazine rings is 1. The Morgan fingerprint density at radius 3 is 2.53 bits per heavy atom. The first-order valence-corrected chi connectivity index (χ1v) is 14.4. The molecule has 0 aliphatic carbocycles. The Kier molecular flexibility index (Phi) is 9.81. The summed E-state index contributed by atoms with van der Waals surface area (Å²) in [4.78, 5) is 29.2. The summed E-state index contributed by atoms with van der Waals surface area (Å²) < 4.78 is 7.46. The van der Waals surface area contributed by atoms with Crippen molar-refractivity contribution >= 4 is 23.6 Å². The monoisotopic (exact) mass is 535 g/mol. The van der Waals surface area contributed by atoms with E-state index in [1.165, 1.54) is 0 Å². The number of rotatable bonds is 11. The van der Waals surface area contributed by atoms with Crippen LogP contribution in [0.25, 0.3) is 17.1 Å². The van der Waals surface area contributed by atoms with E-state index in [-0.39, 0.29) is 17.9 Å². The zero-order chi connectivity index (χ0) is 26.9. The fourth-order valence-corrected chi connectivity index (χ4v) is 5.58. The van der Waals surface area contributed by atoms with Gasteiger partial charge in [0.05, 0.1) is 7.11 Å². The van der Waals surface area contributed by atoms with Crippen LogP contribution < -0.4 is 4.74 Å². The van der Waals surface area contributed by atoms with Crippen LogP contribution in [-0.2, 0) is 9.59 Å². The maximum atomic E-state index is 12.9. The number of methoxy groups -OCH3 is 1. The van der Waals surface area contributed by atoms with Crippen LogP contribution in [0.4, 0.5) is 0 Å². The van der Waals surface area contributed by atoms with E-state index >= 15 is 0 Å². The number of benzene rings is 2. The number of ether oxygens (including phenoxy) is 1. The topological polar surface area (TPSA) is 80.6 Å². The molecule has 202 valence electrons. The van der Waals surface area contributed by atoms with Crippen LogP contribution in [-0.4, -0.2) is 74.9 Å². The Morgan fingerprint density at radius 2 is 1.79 bits per heavy atom. The quantitative estimate of drug-likeness (QED) is 0.252. The lowest BCUT2D eigenvalue weighted by Crippen LogP contribution is -2.55. The minimum Gasteiger partial charge on any atom is -0.497 e. The van der Waals surface area contributed by atoms with Crippen molar-refractivity contribution in [2.45, 2.75) is 57.1 Å². The molecule has 1 fully saturated rings. The van der Waals surface area contributed by atoms with Gasteiger partial charge in [-0.15, -0.1) is 10.2 Å². The van der Waals surface area contributed by atoms with Crippen LogP contribution in [0, 0.1) is 0 Å². The second-order valence-electron chi connectivity index (χ2n) is 9.54. The molecular weight excluding hydrogens is 498 g/mol. The normalized spacial score (nSPS) is 15.5. The van der Waals surface area contributed by atoms with Gasteiger partial charge in [0.15, 0.2) is 11.0 Å². The van der Waals surface area contributed by atoms with E-state index in [0.717, 1.165) is 53.0 Å². The van der Waals surface area contributed by atoms with Crippen molar-refractivity contribution in [3.63, 3.8) is 0 Å². The van der Waals surface area contributed by atoms with Gasteiger partial charge in [0, 0.05) is 55.5 Å². The number of unbranched alkanes of at least 4 members (excludes halogenated alkanes) is 1. The molecule has 0 N–H and O–H groups in total. The van der Waals surface area contributed by atoms with Crippen molar-refractivity contribution in [1.29, 1.82) is 0 Å². The lowest BCUT2D eigenvalue weighted by atomic mass is 10.1. The molecular formula is C29H37N5O3S. The maximum Gasteiger partial charge on any atom is 0.222 e. The minimum atomic E-state index is 0.0610. The molecule has 0 radical (unpaired) electrons. The summed E-state index contributed by atoms with van der Waals surface area (Å²) in [5.74, 6) is 2.62. The van der Waals surface area contributed by atoms with Gasteiger partial charge in [-0.2, -0.15) is 0 Å². The van der Waals surface area contributed by atoms with Crippen molar-refractivity contribution < 1.29 is 14.3 Å². The van der Waals surface area contributed by atoms with Crippen molar-refractivity contribution in [1.82, 2.24) is 24.6 Å². The van der Waals surface area contributed by atoms with E-state index in [4.69, 9.17) is 4.74 Å². The molecule has 1 unspecified atom stereocenters. The van der Waals surface area contributed by atoms with Gasteiger partial charge in [0.25, 0.3) is 0 Å². The third-order valence-electron chi connectivity index (χ3n) is 6.79. The minimum absolute atomic E-state index is 0.0610. The van der Waals surface area contributed by atoms with Gasteiger partial charge in [0.2, 0.25) is 11.8 Å². The molecule has 8 nitrogen and oxygen atoms in total. The molecule has 2 heterocycles. The number of amides is 2. The number of carbonyl (C=O) groups is 2. The summed E-state index contributed by atoms with van der Waals surface area (Å²) in [5, 5.41) is 9.78. The van der Waals surface area contributed by atoms with Crippen molar-refractivity contribution in [3.05, 3.63) is 54.6 Å². The van der Waals surface area contributed by atoms with E-state index < -0.39 is 0 Å². The Hall–Kier alpha value is -3.33. The van der Waals surface area contributed by atoms with E-state index in [1.54, 1.807) is 18.9 Å². The molecule has 0 saturated carbocycles. The standard InChI is InChI=1S/C29H37N5O3S/c1-4-5-15-27(36)33-18-17-32(21-22(33)2)26(35)16-10-19-38-29-31-30-28(23-11-9-14-25(20-23)37-3)34(29)24-12-7-6-8-13-24/h6-9,11-14,20,22H,4-5,10,15-19,21H2,1-3H3. The molecule has 0 spiro atoms. The molecule has 1 saturated heterocycles. The summed E-state index contributed by atoms with van der Waals surface area (Å²) in [7, 11) is 1.65. The highest BCUT2D eigenvalue weighted by molar-refractivity contribution is 7.99.